The summed E-state index contributed by atoms with van der Waals surface area (Å²) in [6.07, 6.45) is 3.97. The van der Waals surface area contributed by atoms with Crippen molar-refractivity contribution in [2.75, 3.05) is 6.26 Å². The van der Waals surface area contributed by atoms with Crippen LogP contribution in [0.2, 0.25) is 10.3 Å². The molecule has 1 N–H and O–H groups in total. The normalized spacial score (nSPS) is 10.9. The number of carboxylic acid groups (broad SMARTS) is 1. The van der Waals surface area contributed by atoms with Gasteiger partial charge in [-0.3, -0.25) is 0 Å². The molecule has 1 heterocycles. The van der Waals surface area contributed by atoms with Gasteiger partial charge in [-0.25, -0.2) is 14.8 Å². The van der Waals surface area contributed by atoms with Gasteiger partial charge in [0.25, 0.3) is 0 Å². The molecule has 80 valence electrons. The van der Waals surface area contributed by atoms with Crippen LogP contribution in [-0.4, -0.2) is 27.3 Å². The Morgan fingerprint density at radius 1 is 1.40 bits per heavy atom. The van der Waals surface area contributed by atoms with Gasteiger partial charge in [0.15, 0.2) is 5.16 Å². The fraction of sp³-hybridized carbons (Fsp3) is 0.125. The number of aliphatic carboxylic acids is 1. The van der Waals surface area contributed by atoms with Crippen LogP contribution in [0.5, 0.6) is 0 Å². The van der Waals surface area contributed by atoms with Crippen molar-refractivity contribution in [2.24, 2.45) is 0 Å². The molecule has 0 unspecified atom stereocenters. The largest absolute Gasteiger partial charge is 0.478 e. The first kappa shape index (κ1) is 12.3. The van der Waals surface area contributed by atoms with E-state index < -0.39 is 5.97 Å². The molecule has 0 saturated carbocycles. The Hall–Kier alpha value is -0.780. The zero-order valence-corrected chi connectivity index (χ0v) is 9.90. The van der Waals surface area contributed by atoms with Gasteiger partial charge in [-0.2, -0.15) is 0 Å². The van der Waals surface area contributed by atoms with Gasteiger partial charge < -0.3 is 5.11 Å². The molecule has 1 rings (SSSR count). The highest BCUT2D eigenvalue weighted by molar-refractivity contribution is 7.98. The zero-order chi connectivity index (χ0) is 11.4. The maximum Gasteiger partial charge on any atom is 0.328 e. The standard InChI is InChI=1S/C8H6Cl2N2O2S/c1-15-8-11-6(9)4(7(10)12-8)2-3-5(13)14/h2-3H,1H3,(H,13,14). The number of hydrogen-bond donors (Lipinski definition) is 1. The Morgan fingerprint density at radius 3 is 2.33 bits per heavy atom. The molecule has 1 aromatic heterocycles. The molecule has 0 saturated heterocycles. The van der Waals surface area contributed by atoms with Gasteiger partial charge >= 0.3 is 5.97 Å². The van der Waals surface area contributed by atoms with Crippen molar-refractivity contribution in [3.05, 3.63) is 21.9 Å². The number of aromatic nitrogens is 2. The fourth-order valence-electron chi connectivity index (χ4n) is 0.782. The zero-order valence-electron chi connectivity index (χ0n) is 7.57. The number of carboxylic acids is 1. The minimum Gasteiger partial charge on any atom is -0.478 e. The first-order valence-corrected chi connectivity index (χ1v) is 5.70. The number of hydrogen-bond acceptors (Lipinski definition) is 4. The number of rotatable bonds is 3. The number of halogens is 2. The average molecular weight is 265 g/mol. The molecule has 15 heavy (non-hydrogen) atoms. The highest BCUT2D eigenvalue weighted by Crippen LogP contribution is 2.25. The molecule has 0 amide bonds. The lowest BCUT2D eigenvalue weighted by Gasteiger charge is -2.02. The molecular formula is C8H6Cl2N2O2S. The Labute approximate surface area is 100 Å². The first-order chi connectivity index (χ1) is 7.04. The van der Waals surface area contributed by atoms with E-state index in [4.69, 9.17) is 28.3 Å². The highest BCUT2D eigenvalue weighted by Gasteiger charge is 2.08. The molecular weight excluding hydrogens is 259 g/mol. The minimum absolute atomic E-state index is 0.136. The topological polar surface area (TPSA) is 63.1 Å². The predicted molar refractivity (Wildman–Crippen MR) is 60.5 cm³/mol. The van der Waals surface area contributed by atoms with E-state index in [1.54, 1.807) is 6.26 Å². The third-order valence-electron chi connectivity index (χ3n) is 1.41. The van der Waals surface area contributed by atoms with Crippen LogP contribution in [0.4, 0.5) is 0 Å². The highest BCUT2D eigenvalue weighted by atomic mass is 35.5. The summed E-state index contributed by atoms with van der Waals surface area (Å²) in [5, 5.41) is 9.15. The molecule has 0 atom stereocenters. The van der Waals surface area contributed by atoms with Crippen LogP contribution in [-0.2, 0) is 4.79 Å². The SMILES string of the molecule is CSc1nc(Cl)c(C=CC(=O)O)c(Cl)n1. The van der Waals surface area contributed by atoms with Gasteiger partial charge in [0.1, 0.15) is 10.3 Å². The number of thioether (sulfide) groups is 1. The summed E-state index contributed by atoms with van der Waals surface area (Å²) in [6.45, 7) is 0. The second-order valence-electron chi connectivity index (χ2n) is 2.38. The van der Waals surface area contributed by atoms with E-state index in [9.17, 15) is 4.79 Å². The average Bonchev–Trinajstić information content (AvgIpc) is 2.15. The van der Waals surface area contributed by atoms with Crippen LogP contribution in [0.25, 0.3) is 6.08 Å². The molecule has 0 aliphatic carbocycles. The number of carbonyl (C=O) groups is 1. The molecule has 0 aliphatic heterocycles. The summed E-state index contributed by atoms with van der Waals surface area (Å²) in [6, 6.07) is 0. The van der Waals surface area contributed by atoms with E-state index in [2.05, 4.69) is 9.97 Å². The van der Waals surface area contributed by atoms with Crippen molar-refractivity contribution in [1.82, 2.24) is 9.97 Å². The van der Waals surface area contributed by atoms with E-state index in [1.165, 1.54) is 17.8 Å². The van der Waals surface area contributed by atoms with Gasteiger partial charge in [0, 0.05) is 11.6 Å². The van der Waals surface area contributed by atoms with Gasteiger partial charge in [-0.1, -0.05) is 35.0 Å². The Bertz CT molecular complexity index is 400. The molecule has 0 aromatic carbocycles. The van der Waals surface area contributed by atoms with E-state index in [-0.39, 0.29) is 10.3 Å². The van der Waals surface area contributed by atoms with Gasteiger partial charge in [-0.05, 0) is 12.3 Å². The fourth-order valence-corrected chi connectivity index (χ4v) is 1.76. The Kier molecular flexibility index (Phi) is 4.38. The molecule has 0 spiro atoms. The molecule has 1 aromatic rings. The van der Waals surface area contributed by atoms with Crippen molar-refractivity contribution in [1.29, 1.82) is 0 Å². The molecule has 0 fully saturated rings. The van der Waals surface area contributed by atoms with E-state index in [1.807, 2.05) is 0 Å². The second-order valence-corrected chi connectivity index (χ2v) is 3.87. The van der Waals surface area contributed by atoms with Crippen LogP contribution in [0.15, 0.2) is 11.2 Å². The summed E-state index contributed by atoms with van der Waals surface area (Å²) >= 11 is 12.9. The van der Waals surface area contributed by atoms with E-state index in [0.29, 0.717) is 10.7 Å². The summed E-state index contributed by atoms with van der Waals surface area (Å²) in [7, 11) is 0. The Balaban J connectivity index is 3.14. The monoisotopic (exact) mass is 264 g/mol. The van der Waals surface area contributed by atoms with Crippen molar-refractivity contribution >= 4 is 47.0 Å². The van der Waals surface area contributed by atoms with Gasteiger partial charge in [0.2, 0.25) is 0 Å². The van der Waals surface area contributed by atoms with Crippen LogP contribution >= 0.6 is 35.0 Å². The molecule has 4 nitrogen and oxygen atoms in total. The lowest BCUT2D eigenvalue weighted by atomic mass is 10.3. The Morgan fingerprint density at radius 2 is 1.93 bits per heavy atom. The van der Waals surface area contributed by atoms with Crippen molar-refractivity contribution in [2.45, 2.75) is 5.16 Å². The first-order valence-electron chi connectivity index (χ1n) is 3.72. The van der Waals surface area contributed by atoms with Crippen molar-refractivity contribution in [3.63, 3.8) is 0 Å². The number of nitrogens with zero attached hydrogens (tertiary/aromatic N) is 2. The van der Waals surface area contributed by atoms with Gasteiger partial charge in [-0.15, -0.1) is 0 Å². The van der Waals surface area contributed by atoms with Crippen LogP contribution in [0.1, 0.15) is 5.56 Å². The quantitative estimate of drug-likeness (QED) is 0.394. The lowest BCUT2D eigenvalue weighted by molar-refractivity contribution is -0.131. The lowest BCUT2D eigenvalue weighted by Crippen LogP contribution is -1.93. The molecule has 0 radical (unpaired) electrons. The van der Waals surface area contributed by atoms with E-state index in [0.717, 1.165) is 6.08 Å². The van der Waals surface area contributed by atoms with Gasteiger partial charge in [0.05, 0.1) is 0 Å². The summed E-state index contributed by atoms with van der Waals surface area (Å²) in [5.74, 6) is -1.09. The molecule has 7 heteroatoms. The van der Waals surface area contributed by atoms with Crippen LogP contribution in [0, 0.1) is 0 Å². The third kappa shape index (κ3) is 3.37. The van der Waals surface area contributed by atoms with Crippen LogP contribution < -0.4 is 0 Å². The third-order valence-corrected chi connectivity index (χ3v) is 2.53. The smallest absolute Gasteiger partial charge is 0.328 e. The molecule has 0 bridgehead atoms. The van der Waals surface area contributed by atoms with Crippen molar-refractivity contribution in [3.8, 4) is 0 Å². The summed E-state index contributed by atoms with van der Waals surface area (Å²) in [4.78, 5) is 18.1. The summed E-state index contributed by atoms with van der Waals surface area (Å²) in [5.41, 5.74) is 0.304. The predicted octanol–water partition coefficient (Wildman–Crippen LogP) is 2.60. The second kappa shape index (κ2) is 5.34. The minimum atomic E-state index is -1.09. The maximum absolute atomic E-state index is 10.3. The van der Waals surface area contributed by atoms with Crippen molar-refractivity contribution < 1.29 is 9.90 Å². The molecule has 0 aliphatic rings. The van der Waals surface area contributed by atoms with E-state index >= 15 is 0 Å². The summed E-state index contributed by atoms with van der Waals surface area (Å²) < 4.78 is 0. The van der Waals surface area contributed by atoms with Crippen LogP contribution in [0.3, 0.4) is 0 Å². The maximum atomic E-state index is 10.3.